The molecule has 0 unspecified atom stereocenters. The maximum absolute atomic E-state index is 11.8. The number of amides is 1. The normalized spacial score (nSPS) is 9.94. The van der Waals surface area contributed by atoms with E-state index in [4.69, 9.17) is 16.7 Å². The fraction of sp³-hybridized carbons (Fsp3) is 0.273. The monoisotopic (exact) mass is 241 g/mol. The maximum atomic E-state index is 11.8. The van der Waals surface area contributed by atoms with E-state index < -0.39 is 5.97 Å². The van der Waals surface area contributed by atoms with Crippen LogP contribution >= 0.6 is 11.6 Å². The van der Waals surface area contributed by atoms with Crippen LogP contribution in [0.4, 0.5) is 0 Å². The van der Waals surface area contributed by atoms with E-state index in [1.54, 1.807) is 25.1 Å². The molecule has 0 heterocycles. The minimum atomic E-state index is -1.04. The number of carboxylic acids is 1. The number of likely N-dealkylation sites (N-methyl/N-ethyl adjacent to an activating group) is 1. The highest BCUT2D eigenvalue weighted by Gasteiger charge is 2.14. The molecule has 0 spiro atoms. The molecule has 5 heteroatoms. The molecule has 4 nitrogen and oxygen atoms in total. The van der Waals surface area contributed by atoms with Crippen molar-refractivity contribution in [2.24, 2.45) is 0 Å². The molecule has 0 aliphatic rings. The second-order valence-corrected chi connectivity index (χ2v) is 3.93. The average Bonchev–Trinajstić information content (AvgIpc) is 2.20. The van der Waals surface area contributed by atoms with Crippen molar-refractivity contribution < 1.29 is 14.7 Å². The Morgan fingerprint density at radius 3 is 2.56 bits per heavy atom. The van der Waals surface area contributed by atoms with Crippen molar-refractivity contribution in [3.63, 3.8) is 0 Å². The largest absolute Gasteiger partial charge is 0.480 e. The molecule has 1 amide bonds. The van der Waals surface area contributed by atoms with Gasteiger partial charge in [0.2, 0.25) is 0 Å². The van der Waals surface area contributed by atoms with E-state index in [2.05, 4.69) is 0 Å². The Kier molecular flexibility index (Phi) is 3.90. The molecule has 1 aromatic carbocycles. The van der Waals surface area contributed by atoms with Gasteiger partial charge >= 0.3 is 5.97 Å². The lowest BCUT2D eigenvalue weighted by Gasteiger charge is -2.14. The van der Waals surface area contributed by atoms with Gasteiger partial charge in [-0.1, -0.05) is 11.6 Å². The first-order valence-corrected chi connectivity index (χ1v) is 5.03. The van der Waals surface area contributed by atoms with E-state index in [1.165, 1.54) is 7.05 Å². The summed E-state index contributed by atoms with van der Waals surface area (Å²) >= 11 is 5.83. The third kappa shape index (κ3) is 2.97. The molecule has 86 valence electrons. The van der Waals surface area contributed by atoms with Gasteiger partial charge in [-0.25, -0.2) is 0 Å². The topological polar surface area (TPSA) is 57.6 Å². The van der Waals surface area contributed by atoms with Crippen LogP contribution < -0.4 is 0 Å². The molecule has 0 aromatic heterocycles. The lowest BCUT2D eigenvalue weighted by molar-refractivity contribution is -0.137. The first-order valence-electron chi connectivity index (χ1n) is 4.65. The van der Waals surface area contributed by atoms with Crippen molar-refractivity contribution in [1.82, 2.24) is 4.90 Å². The standard InChI is InChI=1S/C11H12ClNO3/c1-7-5-8(3-4-9(7)12)11(16)13(2)6-10(14)15/h3-5H,6H2,1-2H3,(H,14,15). The fourth-order valence-corrected chi connectivity index (χ4v) is 1.39. The second-order valence-electron chi connectivity index (χ2n) is 3.52. The predicted molar refractivity (Wildman–Crippen MR) is 60.8 cm³/mol. The van der Waals surface area contributed by atoms with Crippen LogP contribution in [0.15, 0.2) is 18.2 Å². The summed E-state index contributed by atoms with van der Waals surface area (Å²) in [7, 11) is 1.44. The predicted octanol–water partition coefficient (Wildman–Crippen LogP) is 1.81. The zero-order chi connectivity index (χ0) is 12.3. The van der Waals surface area contributed by atoms with Crippen LogP contribution in [-0.4, -0.2) is 35.5 Å². The molecule has 16 heavy (non-hydrogen) atoms. The van der Waals surface area contributed by atoms with Crippen LogP contribution in [0.1, 0.15) is 15.9 Å². The lowest BCUT2D eigenvalue weighted by Crippen LogP contribution is -2.31. The summed E-state index contributed by atoms with van der Waals surface area (Å²) in [6, 6.07) is 4.85. The number of carbonyl (C=O) groups excluding carboxylic acids is 1. The van der Waals surface area contributed by atoms with Gasteiger partial charge in [0, 0.05) is 17.6 Å². The number of benzene rings is 1. The summed E-state index contributed by atoms with van der Waals surface area (Å²) in [6.45, 7) is 1.47. The Hall–Kier alpha value is -1.55. The Labute approximate surface area is 98.4 Å². The number of hydrogen-bond donors (Lipinski definition) is 1. The Morgan fingerprint density at radius 1 is 1.44 bits per heavy atom. The second kappa shape index (κ2) is 4.99. The molecule has 0 saturated heterocycles. The van der Waals surface area contributed by atoms with Gasteiger partial charge in [0.05, 0.1) is 0 Å². The Balaban J connectivity index is 2.88. The van der Waals surface area contributed by atoms with E-state index in [1.807, 2.05) is 0 Å². The molecule has 1 rings (SSSR count). The van der Waals surface area contributed by atoms with Crippen molar-refractivity contribution in [2.75, 3.05) is 13.6 Å². The molecule has 0 aliphatic heterocycles. The summed E-state index contributed by atoms with van der Waals surface area (Å²) in [6.07, 6.45) is 0. The Morgan fingerprint density at radius 2 is 2.06 bits per heavy atom. The van der Waals surface area contributed by atoms with Crippen LogP contribution in [0.3, 0.4) is 0 Å². The number of nitrogens with zero attached hydrogens (tertiary/aromatic N) is 1. The number of carbonyl (C=O) groups is 2. The zero-order valence-corrected chi connectivity index (χ0v) is 9.78. The van der Waals surface area contributed by atoms with Crippen molar-refractivity contribution in [3.05, 3.63) is 34.3 Å². The van der Waals surface area contributed by atoms with Crippen LogP contribution in [0.2, 0.25) is 5.02 Å². The van der Waals surface area contributed by atoms with Gasteiger partial charge in [-0.05, 0) is 30.7 Å². The van der Waals surface area contributed by atoms with Crippen LogP contribution in [0.5, 0.6) is 0 Å². The minimum absolute atomic E-state index is 0.319. The highest BCUT2D eigenvalue weighted by Crippen LogP contribution is 2.17. The SMILES string of the molecule is Cc1cc(C(=O)N(C)CC(=O)O)ccc1Cl. The van der Waals surface area contributed by atoms with E-state index in [-0.39, 0.29) is 12.5 Å². The van der Waals surface area contributed by atoms with E-state index in [0.717, 1.165) is 10.5 Å². The van der Waals surface area contributed by atoms with Gasteiger partial charge in [-0.2, -0.15) is 0 Å². The van der Waals surface area contributed by atoms with Crippen molar-refractivity contribution in [1.29, 1.82) is 0 Å². The van der Waals surface area contributed by atoms with E-state index in [0.29, 0.717) is 10.6 Å². The number of aryl methyl sites for hydroxylation is 1. The number of halogens is 1. The summed E-state index contributed by atoms with van der Waals surface area (Å²) in [5.41, 5.74) is 1.22. The molecule has 1 aromatic rings. The van der Waals surface area contributed by atoms with Crippen molar-refractivity contribution in [3.8, 4) is 0 Å². The molecular formula is C11H12ClNO3. The van der Waals surface area contributed by atoms with Crippen molar-refractivity contribution in [2.45, 2.75) is 6.92 Å². The summed E-state index contributed by atoms with van der Waals surface area (Å²) in [5.74, 6) is -1.37. The van der Waals surface area contributed by atoms with Gasteiger partial charge in [0.25, 0.3) is 5.91 Å². The lowest BCUT2D eigenvalue weighted by atomic mass is 10.1. The number of hydrogen-bond acceptors (Lipinski definition) is 2. The fourth-order valence-electron chi connectivity index (χ4n) is 1.27. The molecule has 0 fully saturated rings. The van der Waals surface area contributed by atoms with E-state index >= 15 is 0 Å². The summed E-state index contributed by atoms with van der Waals surface area (Å²) in [5, 5.41) is 9.14. The molecular weight excluding hydrogens is 230 g/mol. The molecule has 0 atom stereocenters. The van der Waals surface area contributed by atoms with Gasteiger partial charge in [-0.3, -0.25) is 9.59 Å². The third-order valence-corrected chi connectivity index (χ3v) is 2.55. The van der Waals surface area contributed by atoms with Gasteiger partial charge in [0.1, 0.15) is 6.54 Å². The molecule has 0 aliphatic carbocycles. The van der Waals surface area contributed by atoms with Gasteiger partial charge in [-0.15, -0.1) is 0 Å². The smallest absolute Gasteiger partial charge is 0.323 e. The quantitative estimate of drug-likeness (QED) is 0.878. The average molecular weight is 242 g/mol. The molecule has 0 radical (unpaired) electrons. The van der Waals surface area contributed by atoms with Crippen molar-refractivity contribution >= 4 is 23.5 Å². The van der Waals surface area contributed by atoms with Gasteiger partial charge in [0.15, 0.2) is 0 Å². The molecule has 0 bridgehead atoms. The highest BCUT2D eigenvalue weighted by atomic mass is 35.5. The molecule has 0 saturated carbocycles. The van der Waals surface area contributed by atoms with Crippen LogP contribution in [0.25, 0.3) is 0 Å². The first-order chi connectivity index (χ1) is 7.41. The minimum Gasteiger partial charge on any atom is -0.480 e. The summed E-state index contributed by atoms with van der Waals surface area (Å²) < 4.78 is 0. The van der Waals surface area contributed by atoms with Gasteiger partial charge < -0.3 is 10.0 Å². The third-order valence-electron chi connectivity index (χ3n) is 2.12. The number of rotatable bonds is 3. The highest BCUT2D eigenvalue weighted by molar-refractivity contribution is 6.31. The van der Waals surface area contributed by atoms with Crippen LogP contribution in [0, 0.1) is 6.92 Å². The number of carboxylic acid groups (broad SMARTS) is 1. The Bertz CT molecular complexity index is 431. The zero-order valence-electron chi connectivity index (χ0n) is 9.03. The first kappa shape index (κ1) is 12.5. The van der Waals surface area contributed by atoms with E-state index in [9.17, 15) is 9.59 Å². The number of aliphatic carboxylic acids is 1. The maximum Gasteiger partial charge on any atom is 0.323 e. The van der Waals surface area contributed by atoms with Crippen LogP contribution in [-0.2, 0) is 4.79 Å². The summed E-state index contributed by atoms with van der Waals surface area (Å²) in [4.78, 5) is 23.4. The molecule has 1 N–H and O–H groups in total.